The number of benzene rings is 1. The Hall–Kier alpha value is -1.69. The standard InChI is InChI=1S/C11H13NO2/c1-3-8-4-5-10(14-2)11(13)9(8)6-7-12/h4-5,13H,3,6H2,1-2H3. The molecule has 0 aliphatic carbocycles. The van der Waals surface area contributed by atoms with Crippen LogP contribution >= 0.6 is 0 Å². The van der Waals surface area contributed by atoms with Crippen molar-refractivity contribution in [1.82, 2.24) is 0 Å². The van der Waals surface area contributed by atoms with E-state index in [0.29, 0.717) is 11.3 Å². The third-order valence-electron chi connectivity index (χ3n) is 2.20. The van der Waals surface area contributed by atoms with Crippen LogP contribution in [0.4, 0.5) is 0 Å². The van der Waals surface area contributed by atoms with E-state index in [0.717, 1.165) is 12.0 Å². The van der Waals surface area contributed by atoms with E-state index in [2.05, 4.69) is 0 Å². The summed E-state index contributed by atoms with van der Waals surface area (Å²) in [6, 6.07) is 5.63. The maximum atomic E-state index is 9.76. The highest BCUT2D eigenvalue weighted by Crippen LogP contribution is 2.32. The molecule has 14 heavy (non-hydrogen) atoms. The van der Waals surface area contributed by atoms with Gasteiger partial charge in [0.2, 0.25) is 0 Å². The first-order valence-corrected chi connectivity index (χ1v) is 4.49. The molecular weight excluding hydrogens is 178 g/mol. The van der Waals surface area contributed by atoms with Gasteiger partial charge in [-0.15, -0.1) is 0 Å². The molecule has 3 heteroatoms. The lowest BCUT2D eigenvalue weighted by Gasteiger charge is -2.10. The van der Waals surface area contributed by atoms with Gasteiger partial charge in [-0.2, -0.15) is 5.26 Å². The molecule has 3 nitrogen and oxygen atoms in total. The van der Waals surface area contributed by atoms with Gasteiger partial charge in [-0.3, -0.25) is 0 Å². The second-order valence-electron chi connectivity index (χ2n) is 2.94. The van der Waals surface area contributed by atoms with E-state index in [9.17, 15) is 5.11 Å². The Kier molecular flexibility index (Phi) is 3.35. The molecule has 1 aromatic carbocycles. The molecule has 0 spiro atoms. The zero-order chi connectivity index (χ0) is 10.6. The van der Waals surface area contributed by atoms with Crippen molar-refractivity contribution in [2.24, 2.45) is 0 Å². The van der Waals surface area contributed by atoms with Crippen molar-refractivity contribution >= 4 is 0 Å². The zero-order valence-corrected chi connectivity index (χ0v) is 8.37. The summed E-state index contributed by atoms with van der Waals surface area (Å²) in [5, 5.41) is 18.4. The molecule has 0 amide bonds. The van der Waals surface area contributed by atoms with Gasteiger partial charge >= 0.3 is 0 Å². The van der Waals surface area contributed by atoms with Crippen LogP contribution in [0.2, 0.25) is 0 Å². The Balaban J connectivity index is 3.25. The summed E-state index contributed by atoms with van der Waals surface area (Å²) in [7, 11) is 1.50. The number of nitriles is 1. The maximum Gasteiger partial charge on any atom is 0.162 e. The van der Waals surface area contributed by atoms with Crippen LogP contribution in [-0.2, 0) is 12.8 Å². The topological polar surface area (TPSA) is 53.2 Å². The molecule has 0 radical (unpaired) electrons. The van der Waals surface area contributed by atoms with Crippen LogP contribution in [-0.4, -0.2) is 12.2 Å². The van der Waals surface area contributed by atoms with Gasteiger partial charge < -0.3 is 9.84 Å². The summed E-state index contributed by atoms with van der Waals surface area (Å²) >= 11 is 0. The van der Waals surface area contributed by atoms with Crippen LogP contribution in [0.5, 0.6) is 11.5 Å². The van der Waals surface area contributed by atoms with E-state index in [1.165, 1.54) is 7.11 Å². The lowest BCUT2D eigenvalue weighted by molar-refractivity contribution is 0.370. The molecule has 1 N–H and O–H groups in total. The summed E-state index contributed by atoms with van der Waals surface area (Å²) in [6.07, 6.45) is 1.01. The Morgan fingerprint density at radius 1 is 1.50 bits per heavy atom. The molecule has 0 unspecified atom stereocenters. The van der Waals surface area contributed by atoms with Crippen LogP contribution in [0, 0.1) is 11.3 Å². The van der Waals surface area contributed by atoms with Crippen molar-refractivity contribution in [3.8, 4) is 17.6 Å². The number of hydrogen-bond donors (Lipinski definition) is 1. The quantitative estimate of drug-likeness (QED) is 0.795. The van der Waals surface area contributed by atoms with E-state index < -0.39 is 0 Å². The molecule has 0 aliphatic rings. The van der Waals surface area contributed by atoms with Crippen LogP contribution in [0.1, 0.15) is 18.1 Å². The van der Waals surface area contributed by atoms with E-state index in [1.807, 2.05) is 19.1 Å². The number of methoxy groups -OCH3 is 1. The second kappa shape index (κ2) is 4.52. The number of phenolic OH excluding ortho intramolecular Hbond substituents is 1. The Morgan fingerprint density at radius 2 is 2.21 bits per heavy atom. The summed E-state index contributed by atoms with van der Waals surface area (Å²) in [5.74, 6) is 0.515. The van der Waals surface area contributed by atoms with E-state index in [4.69, 9.17) is 10.00 Å². The van der Waals surface area contributed by atoms with Crippen molar-refractivity contribution in [2.45, 2.75) is 19.8 Å². The molecule has 0 saturated heterocycles. The molecule has 0 aromatic heterocycles. The summed E-state index contributed by atoms with van der Waals surface area (Å²) in [6.45, 7) is 1.99. The third kappa shape index (κ3) is 1.80. The smallest absolute Gasteiger partial charge is 0.162 e. The highest BCUT2D eigenvalue weighted by Gasteiger charge is 2.11. The highest BCUT2D eigenvalue weighted by molar-refractivity contribution is 5.50. The first-order valence-electron chi connectivity index (χ1n) is 4.49. The lowest BCUT2D eigenvalue weighted by Crippen LogP contribution is -1.95. The Bertz CT molecular complexity index is 366. The van der Waals surface area contributed by atoms with Crippen molar-refractivity contribution in [3.63, 3.8) is 0 Å². The Morgan fingerprint density at radius 3 is 2.71 bits per heavy atom. The average molecular weight is 191 g/mol. The van der Waals surface area contributed by atoms with Gasteiger partial charge in [0.1, 0.15) is 0 Å². The molecule has 0 fully saturated rings. The number of aromatic hydroxyl groups is 1. The monoisotopic (exact) mass is 191 g/mol. The molecule has 1 rings (SSSR count). The maximum absolute atomic E-state index is 9.76. The molecule has 1 aromatic rings. The number of nitrogens with zero attached hydrogens (tertiary/aromatic N) is 1. The third-order valence-corrected chi connectivity index (χ3v) is 2.20. The zero-order valence-electron chi connectivity index (χ0n) is 8.37. The van der Waals surface area contributed by atoms with Crippen molar-refractivity contribution in [2.75, 3.05) is 7.11 Å². The normalized spacial score (nSPS) is 9.50. The summed E-state index contributed by atoms with van der Waals surface area (Å²) in [4.78, 5) is 0. The molecule has 0 bridgehead atoms. The minimum absolute atomic E-state index is 0.0911. The predicted molar refractivity (Wildman–Crippen MR) is 53.4 cm³/mol. The highest BCUT2D eigenvalue weighted by atomic mass is 16.5. The van der Waals surface area contributed by atoms with Gasteiger partial charge in [0.15, 0.2) is 11.5 Å². The van der Waals surface area contributed by atoms with Gasteiger partial charge in [0.25, 0.3) is 0 Å². The summed E-state index contributed by atoms with van der Waals surface area (Å²) < 4.78 is 4.97. The van der Waals surface area contributed by atoms with E-state index in [-0.39, 0.29) is 12.2 Å². The number of phenols is 1. The first-order chi connectivity index (χ1) is 6.74. The second-order valence-corrected chi connectivity index (χ2v) is 2.94. The van der Waals surface area contributed by atoms with Crippen molar-refractivity contribution < 1.29 is 9.84 Å². The largest absolute Gasteiger partial charge is 0.504 e. The molecule has 0 saturated carbocycles. The fourth-order valence-corrected chi connectivity index (χ4v) is 1.43. The van der Waals surface area contributed by atoms with Crippen LogP contribution in [0.25, 0.3) is 0 Å². The summed E-state index contributed by atoms with van der Waals surface area (Å²) in [5.41, 5.74) is 1.67. The predicted octanol–water partition coefficient (Wildman–Crippen LogP) is 2.03. The van der Waals surface area contributed by atoms with E-state index >= 15 is 0 Å². The minimum atomic E-state index is 0.0911. The number of ether oxygens (including phenoxy) is 1. The van der Waals surface area contributed by atoms with Crippen LogP contribution < -0.4 is 4.74 Å². The van der Waals surface area contributed by atoms with Gasteiger partial charge in [-0.05, 0) is 18.1 Å². The fourth-order valence-electron chi connectivity index (χ4n) is 1.43. The molecule has 74 valence electrons. The molecule has 0 aliphatic heterocycles. The van der Waals surface area contributed by atoms with Crippen molar-refractivity contribution in [3.05, 3.63) is 23.3 Å². The first kappa shape index (κ1) is 10.4. The minimum Gasteiger partial charge on any atom is -0.504 e. The van der Waals surface area contributed by atoms with Gasteiger partial charge in [-0.25, -0.2) is 0 Å². The van der Waals surface area contributed by atoms with E-state index in [1.54, 1.807) is 6.07 Å². The van der Waals surface area contributed by atoms with Gasteiger partial charge in [0.05, 0.1) is 19.6 Å². The molecular formula is C11H13NO2. The van der Waals surface area contributed by atoms with Crippen LogP contribution in [0.3, 0.4) is 0 Å². The lowest BCUT2D eigenvalue weighted by atomic mass is 10.0. The number of aryl methyl sites for hydroxylation is 1. The van der Waals surface area contributed by atoms with Gasteiger partial charge in [0, 0.05) is 5.56 Å². The number of hydrogen-bond acceptors (Lipinski definition) is 3. The fraction of sp³-hybridized carbons (Fsp3) is 0.364. The molecule has 0 heterocycles. The van der Waals surface area contributed by atoms with Gasteiger partial charge in [-0.1, -0.05) is 13.0 Å². The van der Waals surface area contributed by atoms with Crippen LogP contribution in [0.15, 0.2) is 12.1 Å². The SMILES string of the molecule is CCc1ccc(OC)c(O)c1CC#N. The Labute approximate surface area is 83.6 Å². The average Bonchev–Trinajstić information content (AvgIpc) is 2.21. The molecule has 0 atom stereocenters. The number of rotatable bonds is 3. The van der Waals surface area contributed by atoms with Crippen molar-refractivity contribution in [1.29, 1.82) is 5.26 Å².